The highest BCUT2D eigenvalue weighted by Gasteiger charge is 2.39. The van der Waals surface area contributed by atoms with E-state index in [4.69, 9.17) is 15.0 Å². The molecule has 2 N–H and O–H groups in total. The van der Waals surface area contributed by atoms with Gasteiger partial charge in [-0.3, -0.25) is 10.1 Å². The minimum absolute atomic E-state index is 0. The molecule has 3 rings (SSSR count). The smallest absolute Gasteiger partial charge is 0.310 e. The normalized spacial score (nSPS) is 15.5. The minimum Gasteiger partial charge on any atom is -0.490 e. The van der Waals surface area contributed by atoms with Crippen molar-refractivity contribution >= 4 is 18.1 Å². The van der Waals surface area contributed by atoms with Crippen LogP contribution in [0.4, 0.5) is 5.69 Å². The van der Waals surface area contributed by atoms with Crippen LogP contribution in [-0.2, 0) is 5.54 Å². The second kappa shape index (κ2) is 5.90. The van der Waals surface area contributed by atoms with E-state index in [0.717, 1.165) is 19.3 Å². The third-order valence-corrected chi connectivity index (χ3v) is 3.74. The Balaban J connectivity index is 0.00000176. The lowest BCUT2D eigenvalue weighted by atomic mass is 9.77. The molecule has 0 bridgehead atoms. The fourth-order valence-electron chi connectivity index (χ4n) is 2.29. The molecule has 1 heterocycles. The molecule has 0 radical (unpaired) electrons. The van der Waals surface area contributed by atoms with Gasteiger partial charge in [-0.15, -0.1) is 12.4 Å². The number of nitro benzene ring substituents is 1. The van der Waals surface area contributed by atoms with Crippen molar-refractivity contribution < 1.29 is 14.2 Å². The lowest BCUT2D eigenvalue weighted by molar-refractivity contribution is -0.385. The Morgan fingerprint density at radius 2 is 2.18 bits per heavy atom. The molecule has 0 atom stereocenters. The van der Waals surface area contributed by atoms with Gasteiger partial charge in [0.2, 0.25) is 0 Å². The van der Waals surface area contributed by atoms with Crippen molar-refractivity contribution in [3.05, 3.63) is 34.1 Å². The quantitative estimate of drug-likeness (QED) is 0.677. The van der Waals surface area contributed by atoms with Crippen molar-refractivity contribution in [2.45, 2.75) is 24.8 Å². The average molecular weight is 327 g/mol. The number of methoxy groups -OCH3 is 1. The van der Waals surface area contributed by atoms with Crippen molar-refractivity contribution in [2.75, 3.05) is 7.11 Å². The predicted molar refractivity (Wildman–Crippen MR) is 79.9 cm³/mol. The summed E-state index contributed by atoms with van der Waals surface area (Å²) in [6.07, 6.45) is 2.71. The summed E-state index contributed by atoms with van der Waals surface area (Å²) < 4.78 is 10.2. The molecule has 0 aliphatic heterocycles. The van der Waals surface area contributed by atoms with Crippen LogP contribution in [0.15, 0.2) is 22.7 Å². The van der Waals surface area contributed by atoms with Gasteiger partial charge in [-0.1, -0.05) is 5.16 Å². The number of halogens is 1. The van der Waals surface area contributed by atoms with Crippen molar-refractivity contribution in [3.8, 4) is 17.2 Å². The van der Waals surface area contributed by atoms with Gasteiger partial charge < -0.3 is 15.0 Å². The number of nitrogens with zero attached hydrogens (tertiary/aromatic N) is 3. The maximum atomic E-state index is 10.9. The predicted octanol–water partition coefficient (Wildman–Crippen LogP) is 2.41. The second-order valence-corrected chi connectivity index (χ2v) is 5.08. The molecule has 118 valence electrons. The highest BCUT2D eigenvalue weighted by Crippen LogP contribution is 2.38. The molecule has 1 fully saturated rings. The van der Waals surface area contributed by atoms with E-state index in [9.17, 15) is 10.1 Å². The third kappa shape index (κ3) is 2.62. The average Bonchev–Trinajstić information content (AvgIpc) is 2.94. The third-order valence-electron chi connectivity index (χ3n) is 3.74. The Labute approximate surface area is 132 Å². The van der Waals surface area contributed by atoms with Crippen LogP contribution < -0.4 is 10.5 Å². The fraction of sp³-hybridized carbons (Fsp3) is 0.385. The van der Waals surface area contributed by atoms with E-state index in [1.165, 1.54) is 19.2 Å². The summed E-state index contributed by atoms with van der Waals surface area (Å²) >= 11 is 0. The zero-order valence-electron chi connectivity index (χ0n) is 11.8. The zero-order chi connectivity index (χ0) is 15.0. The topological polar surface area (TPSA) is 117 Å². The molecule has 0 unspecified atom stereocenters. The van der Waals surface area contributed by atoms with Gasteiger partial charge in [-0.05, 0) is 25.3 Å². The molecular weight excluding hydrogens is 312 g/mol. The molecule has 22 heavy (non-hydrogen) atoms. The number of nitro groups is 1. The van der Waals surface area contributed by atoms with Crippen LogP contribution in [0, 0.1) is 10.1 Å². The van der Waals surface area contributed by atoms with Gasteiger partial charge in [0.15, 0.2) is 11.6 Å². The highest BCUT2D eigenvalue weighted by molar-refractivity contribution is 5.85. The van der Waals surface area contributed by atoms with E-state index in [-0.39, 0.29) is 29.7 Å². The molecule has 9 heteroatoms. The number of hydrogen-bond acceptors (Lipinski definition) is 7. The van der Waals surface area contributed by atoms with Crippen LogP contribution in [0.1, 0.15) is 25.1 Å². The van der Waals surface area contributed by atoms with Gasteiger partial charge in [0, 0.05) is 17.7 Å². The SMILES string of the molecule is COc1cc(-c2nc(C3(N)CCC3)no2)ccc1[N+](=O)[O-].Cl. The number of rotatable bonds is 4. The number of aromatic nitrogens is 2. The van der Waals surface area contributed by atoms with Gasteiger partial charge in [0.25, 0.3) is 5.89 Å². The van der Waals surface area contributed by atoms with Gasteiger partial charge in [-0.25, -0.2) is 0 Å². The zero-order valence-corrected chi connectivity index (χ0v) is 12.6. The van der Waals surface area contributed by atoms with Crippen molar-refractivity contribution in [2.24, 2.45) is 5.73 Å². The summed E-state index contributed by atoms with van der Waals surface area (Å²) in [4.78, 5) is 14.7. The first-order valence-electron chi connectivity index (χ1n) is 6.49. The van der Waals surface area contributed by atoms with E-state index >= 15 is 0 Å². The Kier molecular flexibility index (Phi) is 4.34. The van der Waals surface area contributed by atoms with E-state index < -0.39 is 10.5 Å². The molecule has 8 nitrogen and oxygen atoms in total. The number of nitrogens with two attached hydrogens (primary N) is 1. The van der Waals surface area contributed by atoms with E-state index in [2.05, 4.69) is 10.1 Å². The lowest BCUT2D eigenvalue weighted by Gasteiger charge is -2.34. The molecule has 1 aromatic heterocycles. The lowest BCUT2D eigenvalue weighted by Crippen LogP contribution is -2.44. The number of benzene rings is 1. The summed E-state index contributed by atoms with van der Waals surface area (Å²) in [6.45, 7) is 0. The van der Waals surface area contributed by atoms with Gasteiger partial charge in [0.05, 0.1) is 17.6 Å². The van der Waals surface area contributed by atoms with E-state index in [0.29, 0.717) is 11.4 Å². The molecule has 2 aromatic rings. The minimum atomic E-state index is -0.509. The molecule has 1 aliphatic rings. The Hall–Kier alpha value is -2.19. The first kappa shape index (κ1) is 16.2. The number of ether oxygens (including phenoxy) is 1. The second-order valence-electron chi connectivity index (χ2n) is 5.08. The molecule has 1 aliphatic carbocycles. The number of hydrogen-bond donors (Lipinski definition) is 1. The van der Waals surface area contributed by atoms with Crippen molar-refractivity contribution in [1.82, 2.24) is 10.1 Å². The van der Waals surface area contributed by atoms with E-state index in [1.54, 1.807) is 6.07 Å². The molecule has 0 saturated heterocycles. The van der Waals surface area contributed by atoms with Crippen LogP contribution in [-0.4, -0.2) is 22.2 Å². The molecule has 0 spiro atoms. The molecular formula is C13H15ClN4O4. The van der Waals surface area contributed by atoms with Crippen LogP contribution in [0.5, 0.6) is 5.75 Å². The van der Waals surface area contributed by atoms with Gasteiger partial charge >= 0.3 is 5.69 Å². The largest absolute Gasteiger partial charge is 0.490 e. The maximum absolute atomic E-state index is 10.9. The van der Waals surface area contributed by atoms with Crippen LogP contribution >= 0.6 is 12.4 Å². The van der Waals surface area contributed by atoms with Gasteiger partial charge in [0.1, 0.15) is 0 Å². The Morgan fingerprint density at radius 3 is 2.73 bits per heavy atom. The fourth-order valence-corrected chi connectivity index (χ4v) is 2.29. The summed E-state index contributed by atoms with van der Waals surface area (Å²) in [5, 5.41) is 14.8. The van der Waals surface area contributed by atoms with Crippen molar-refractivity contribution in [1.29, 1.82) is 0 Å². The van der Waals surface area contributed by atoms with E-state index in [1.807, 2.05) is 0 Å². The molecule has 1 aromatic carbocycles. The molecule has 0 amide bonds. The van der Waals surface area contributed by atoms with Crippen LogP contribution in [0.25, 0.3) is 11.5 Å². The first-order chi connectivity index (χ1) is 10.0. The highest BCUT2D eigenvalue weighted by atomic mass is 35.5. The maximum Gasteiger partial charge on any atom is 0.310 e. The summed E-state index contributed by atoms with van der Waals surface area (Å²) in [6, 6.07) is 4.39. The van der Waals surface area contributed by atoms with Crippen molar-refractivity contribution in [3.63, 3.8) is 0 Å². The first-order valence-corrected chi connectivity index (χ1v) is 6.49. The summed E-state index contributed by atoms with van der Waals surface area (Å²) in [5.41, 5.74) is 6.07. The van der Waals surface area contributed by atoms with Crippen LogP contribution in [0.2, 0.25) is 0 Å². The van der Waals surface area contributed by atoms with Gasteiger partial charge in [-0.2, -0.15) is 4.98 Å². The standard InChI is InChI=1S/C13H14N4O4.ClH/c1-20-10-7-8(3-4-9(10)17(18)19)11-15-12(16-21-11)13(14)5-2-6-13;/h3-4,7H,2,5-6,14H2,1H3;1H. The summed E-state index contributed by atoms with van der Waals surface area (Å²) in [7, 11) is 1.37. The molecule has 1 saturated carbocycles. The monoisotopic (exact) mass is 326 g/mol. The summed E-state index contributed by atoms with van der Waals surface area (Å²) in [5.74, 6) is 0.888. The Bertz CT molecular complexity index is 699. The Morgan fingerprint density at radius 1 is 1.45 bits per heavy atom. The van der Waals surface area contributed by atoms with Crippen LogP contribution in [0.3, 0.4) is 0 Å².